The summed E-state index contributed by atoms with van der Waals surface area (Å²) in [5.41, 5.74) is 2.23. The Kier molecular flexibility index (Phi) is 3.78. The average molecular weight is 240 g/mol. The molecule has 0 N–H and O–H groups in total. The normalized spacial score (nSPS) is 15.6. The van der Waals surface area contributed by atoms with Gasteiger partial charge in [0.1, 0.15) is 11.6 Å². The van der Waals surface area contributed by atoms with Crippen molar-refractivity contribution in [3.63, 3.8) is 0 Å². The van der Waals surface area contributed by atoms with Crippen molar-refractivity contribution in [1.29, 1.82) is 5.26 Å². The Labute approximate surface area is 107 Å². The number of nitrogens with zero attached hydrogens (tertiary/aromatic N) is 2. The predicted molar refractivity (Wildman–Crippen MR) is 70.6 cm³/mol. The summed E-state index contributed by atoms with van der Waals surface area (Å²) in [6.07, 6.45) is 3.76. The maximum absolute atomic E-state index is 12.1. The third kappa shape index (κ3) is 2.60. The maximum Gasteiger partial charge on any atom is 0.264 e. The largest absolute Gasteiger partial charge is 0.338 e. The molecular formula is C15H16N2O. The molecule has 1 aromatic rings. The Morgan fingerprint density at radius 1 is 1.33 bits per heavy atom. The van der Waals surface area contributed by atoms with Crippen molar-refractivity contribution < 1.29 is 4.79 Å². The summed E-state index contributed by atoms with van der Waals surface area (Å²) in [6, 6.07) is 9.77. The Morgan fingerprint density at radius 3 is 2.61 bits per heavy atom. The van der Waals surface area contributed by atoms with E-state index in [0.717, 1.165) is 37.1 Å². The number of carbonyl (C=O) groups is 1. The molecule has 1 aromatic carbocycles. The van der Waals surface area contributed by atoms with E-state index in [1.165, 1.54) is 0 Å². The Balaban J connectivity index is 2.26. The number of hydrogen-bond donors (Lipinski definition) is 0. The van der Waals surface area contributed by atoms with Gasteiger partial charge in [-0.25, -0.2) is 0 Å². The summed E-state index contributed by atoms with van der Waals surface area (Å²) in [5.74, 6) is -0.141. The second-order valence-corrected chi connectivity index (χ2v) is 4.53. The SMILES string of the molecule is Cc1ccccc1/C=C(\C#N)C(=O)N1CCCC1. The first kappa shape index (κ1) is 12.4. The predicted octanol–water partition coefficient (Wildman–Crippen LogP) is 2.52. The van der Waals surface area contributed by atoms with Gasteiger partial charge in [0.25, 0.3) is 5.91 Å². The minimum absolute atomic E-state index is 0.141. The van der Waals surface area contributed by atoms with Gasteiger partial charge in [-0.15, -0.1) is 0 Å². The molecule has 0 unspecified atom stereocenters. The van der Waals surface area contributed by atoms with Gasteiger partial charge in [0.2, 0.25) is 0 Å². The first-order valence-electron chi connectivity index (χ1n) is 6.19. The summed E-state index contributed by atoms with van der Waals surface area (Å²) >= 11 is 0. The number of rotatable bonds is 2. The topological polar surface area (TPSA) is 44.1 Å². The van der Waals surface area contributed by atoms with Crippen LogP contribution in [0, 0.1) is 18.3 Å². The van der Waals surface area contributed by atoms with Crippen molar-refractivity contribution in [3.8, 4) is 6.07 Å². The highest BCUT2D eigenvalue weighted by Gasteiger charge is 2.21. The molecule has 0 aromatic heterocycles. The van der Waals surface area contributed by atoms with E-state index in [9.17, 15) is 4.79 Å². The number of nitriles is 1. The van der Waals surface area contributed by atoms with Crippen molar-refractivity contribution >= 4 is 12.0 Å². The van der Waals surface area contributed by atoms with Crippen LogP contribution >= 0.6 is 0 Å². The van der Waals surface area contributed by atoms with Crippen LogP contribution < -0.4 is 0 Å². The molecule has 0 radical (unpaired) electrons. The Morgan fingerprint density at radius 2 is 2.00 bits per heavy atom. The molecule has 0 saturated carbocycles. The summed E-state index contributed by atoms with van der Waals surface area (Å²) in [6.45, 7) is 3.51. The standard InChI is InChI=1S/C15H16N2O/c1-12-6-2-3-7-13(12)10-14(11-16)15(18)17-8-4-5-9-17/h2-3,6-7,10H,4-5,8-9H2,1H3/b14-10+. The van der Waals surface area contributed by atoms with Crippen molar-refractivity contribution in [2.24, 2.45) is 0 Å². The minimum atomic E-state index is -0.141. The molecule has 1 aliphatic rings. The third-order valence-corrected chi connectivity index (χ3v) is 3.23. The van der Waals surface area contributed by atoms with Crippen LogP contribution in [0.25, 0.3) is 6.08 Å². The second-order valence-electron chi connectivity index (χ2n) is 4.53. The third-order valence-electron chi connectivity index (χ3n) is 3.23. The van der Waals surface area contributed by atoms with Crippen LogP contribution in [0.2, 0.25) is 0 Å². The quantitative estimate of drug-likeness (QED) is 0.589. The molecular weight excluding hydrogens is 224 g/mol. The van der Waals surface area contributed by atoms with E-state index in [2.05, 4.69) is 0 Å². The maximum atomic E-state index is 12.1. The molecule has 2 rings (SSSR count). The van der Waals surface area contributed by atoms with Crippen LogP contribution in [-0.4, -0.2) is 23.9 Å². The molecule has 92 valence electrons. The van der Waals surface area contributed by atoms with Gasteiger partial charge in [-0.05, 0) is 37.0 Å². The molecule has 1 aliphatic heterocycles. The van der Waals surface area contributed by atoms with Crippen LogP contribution in [0.15, 0.2) is 29.8 Å². The summed E-state index contributed by atoms with van der Waals surface area (Å²) in [5, 5.41) is 9.14. The fourth-order valence-electron chi connectivity index (χ4n) is 2.14. The molecule has 1 heterocycles. The number of benzene rings is 1. The van der Waals surface area contributed by atoms with Crippen molar-refractivity contribution in [3.05, 3.63) is 41.0 Å². The zero-order valence-corrected chi connectivity index (χ0v) is 10.5. The van der Waals surface area contributed by atoms with Gasteiger partial charge >= 0.3 is 0 Å². The lowest BCUT2D eigenvalue weighted by atomic mass is 10.1. The zero-order chi connectivity index (χ0) is 13.0. The molecule has 0 atom stereocenters. The molecule has 0 aliphatic carbocycles. The van der Waals surface area contributed by atoms with Gasteiger partial charge in [0.15, 0.2) is 0 Å². The van der Waals surface area contributed by atoms with Gasteiger partial charge < -0.3 is 4.90 Å². The summed E-state index contributed by atoms with van der Waals surface area (Å²) in [7, 11) is 0. The molecule has 1 fully saturated rings. The van der Waals surface area contributed by atoms with Crippen molar-refractivity contribution in [2.75, 3.05) is 13.1 Å². The van der Waals surface area contributed by atoms with E-state index in [0.29, 0.717) is 0 Å². The molecule has 1 amide bonds. The van der Waals surface area contributed by atoms with E-state index >= 15 is 0 Å². The zero-order valence-electron chi connectivity index (χ0n) is 10.5. The monoisotopic (exact) mass is 240 g/mol. The lowest BCUT2D eigenvalue weighted by molar-refractivity contribution is -0.125. The van der Waals surface area contributed by atoms with Crippen LogP contribution in [-0.2, 0) is 4.79 Å². The molecule has 0 bridgehead atoms. The number of amides is 1. The van der Waals surface area contributed by atoms with E-state index in [-0.39, 0.29) is 11.5 Å². The lowest BCUT2D eigenvalue weighted by Gasteiger charge is -2.14. The minimum Gasteiger partial charge on any atom is -0.338 e. The Bertz CT molecular complexity index is 520. The average Bonchev–Trinajstić information content (AvgIpc) is 2.91. The fraction of sp³-hybridized carbons (Fsp3) is 0.333. The van der Waals surface area contributed by atoms with Gasteiger partial charge in [-0.2, -0.15) is 5.26 Å². The summed E-state index contributed by atoms with van der Waals surface area (Å²) < 4.78 is 0. The molecule has 18 heavy (non-hydrogen) atoms. The van der Waals surface area contributed by atoms with Crippen molar-refractivity contribution in [2.45, 2.75) is 19.8 Å². The highest BCUT2D eigenvalue weighted by Crippen LogP contribution is 2.16. The van der Waals surface area contributed by atoms with Crippen LogP contribution in [0.4, 0.5) is 0 Å². The Hall–Kier alpha value is -2.08. The second kappa shape index (κ2) is 5.50. The highest BCUT2D eigenvalue weighted by molar-refractivity contribution is 6.01. The van der Waals surface area contributed by atoms with Crippen LogP contribution in [0.3, 0.4) is 0 Å². The van der Waals surface area contributed by atoms with Gasteiger partial charge in [-0.3, -0.25) is 4.79 Å². The van der Waals surface area contributed by atoms with Crippen molar-refractivity contribution in [1.82, 2.24) is 4.90 Å². The van der Waals surface area contributed by atoms with Crippen LogP contribution in [0.5, 0.6) is 0 Å². The number of likely N-dealkylation sites (tertiary alicyclic amines) is 1. The smallest absolute Gasteiger partial charge is 0.264 e. The van der Waals surface area contributed by atoms with Gasteiger partial charge in [0.05, 0.1) is 0 Å². The fourth-order valence-corrected chi connectivity index (χ4v) is 2.14. The molecule has 3 nitrogen and oxygen atoms in total. The number of carbonyl (C=O) groups excluding carboxylic acids is 1. The van der Waals surface area contributed by atoms with E-state index in [4.69, 9.17) is 5.26 Å². The first-order chi connectivity index (χ1) is 8.72. The highest BCUT2D eigenvalue weighted by atomic mass is 16.2. The van der Waals surface area contributed by atoms with E-state index < -0.39 is 0 Å². The van der Waals surface area contributed by atoms with Gasteiger partial charge in [-0.1, -0.05) is 24.3 Å². The lowest BCUT2D eigenvalue weighted by Crippen LogP contribution is -2.28. The molecule has 1 saturated heterocycles. The summed E-state index contributed by atoms with van der Waals surface area (Å²) in [4.78, 5) is 13.9. The van der Waals surface area contributed by atoms with Gasteiger partial charge in [0, 0.05) is 13.1 Å². The number of hydrogen-bond acceptors (Lipinski definition) is 2. The van der Waals surface area contributed by atoms with E-state index in [1.54, 1.807) is 11.0 Å². The van der Waals surface area contributed by atoms with E-state index in [1.807, 2.05) is 37.3 Å². The molecule has 3 heteroatoms. The first-order valence-corrected chi connectivity index (χ1v) is 6.19. The molecule has 0 spiro atoms. The van der Waals surface area contributed by atoms with Crippen LogP contribution in [0.1, 0.15) is 24.0 Å². The number of aryl methyl sites for hydroxylation is 1.